The SMILES string of the molecule is C.CC(C)(C)C=NC(N=CC(C)(C)C)(C(C)(C)C)C(C)(C)C. The molecule has 0 heterocycles. The summed E-state index contributed by atoms with van der Waals surface area (Å²) in [6, 6.07) is 0. The molecule has 0 spiro atoms. The highest BCUT2D eigenvalue weighted by atomic mass is 15.1. The molecule has 0 saturated heterocycles. The summed E-state index contributed by atoms with van der Waals surface area (Å²) in [5.41, 5.74) is -0.484. The fourth-order valence-electron chi connectivity index (χ4n) is 2.51. The molecule has 132 valence electrons. The first-order valence-electron chi connectivity index (χ1n) is 8.04. The monoisotopic (exact) mass is 310 g/mol. The van der Waals surface area contributed by atoms with E-state index < -0.39 is 5.66 Å². The summed E-state index contributed by atoms with van der Waals surface area (Å²) in [4.78, 5) is 10.1. The topological polar surface area (TPSA) is 24.7 Å². The summed E-state index contributed by atoms with van der Waals surface area (Å²) >= 11 is 0. The normalized spacial score (nSPS) is 15.5. The van der Waals surface area contributed by atoms with E-state index in [1.165, 1.54) is 0 Å². The minimum Gasteiger partial charge on any atom is -0.266 e. The van der Waals surface area contributed by atoms with Gasteiger partial charge >= 0.3 is 0 Å². The van der Waals surface area contributed by atoms with Crippen LogP contribution in [0.5, 0.6) is 0 Å². The third kappa shape index (κ3) is 6.62. The second-order valence-corrected chi connectivity index (χ2v) is 10.4. The van der Waals surface area contributed by atoms with Crippen molar-refractivity contribution in [3.8, 4) is 0 Å². The van der Waals surface area contributed by atoms with Crippen LogP contribution in [0.3, 0.4) is 0 Å². The van der Waals surface area contributed by atoms with Gasteiger partial charge in [0.15, 0.2) is 5.66 Å². The maximum absolute atomic E-state index is 5.05. The molecule has 0 aliphatic heterocycles. The molecule has 0 aromatic carbocycles. The zero-order valence-corrected chi connectivity index (χ0v) is 16.5. The van der Waals surface area contributed by atoms with Gasteiger partial charge in [0.05, 0.1) is 0 Å². The van der Waals surface area contributed by atoms with Crippen molar-refractivity contribution in [2.45, 2.75) is 96.2 Å². The van der Waals surface area contributed by atoms with Gasteiger partial charge in [-0.3, -0.25) is 9.98 Å². The molecule has 2 nitrogen and oxygen atoms in total. The van der Waals surface area contributed by atoms with Crippen LogP contribution in [0.25, 0.3) is 0 Å². The van der Waals surface area contributed by atoms with Crippen molar-refractivity contribution in [3.05, 3.63) is 0 Å². The predicted octanol–water partition coefficient (Wildman–Crippen LogP) is 6.64. The maximum Gasteiger partial charge on any atom is 0.158 e. The van der Waals surface area contributed by atoms with Gasteiger partial charge < -0.3 is 0 Å². The molecule has 0 unspecified atom stereocenters. The van der Waals surface area contributed by atoms with Crippen molar-refractivity contribution in [3.63, 3.8) is 0 Å². The summed E-state index contributed by atoms with van der Waals surface area (Å²) in [6.45, 7) is 26.5. The van der Waals surface area contributed by atoms with Gasteiger partial charge in [-0.15, -0.1) is 0 Å². The first kappa shape index (κ1) is 23.6. The van der Waals surface area contributed by atoms with Crippen molar-refractivity contribution in [2.75, 3.05) is 0 Å². The van der Waals surface area contributed by atoms with Gasteiger partial charge in [-0.1, -0.05) is 90.5 Å². The molecule has 0 rings (SSSR count). The van der Waals surface area contributed by atoms with E-state index in [0.717, 1.165) is 0 Å². The molecule has 0 aliphatic rings. The lowest BCUT2D eigenvalue weighted by atomic mass is 9.66. The fourth-order valence-corrected chi connectivity index (χ4v) is 2.51. The van der Waals surface area contributed by atoms with E-state index in [2.05, 4.69) is 95.5 Å². The van der Waals surface area contributed by atoms with E-state index in [1.807, 2.05) is 0 Å². The van der Waals surface area contributed by atoms with Crippen LogP contribution in [-0.2, 0) is 0 Å². The fraction of sp³-hybridized carbons (Fsp3) is 0.900. The molecule has 0 amide bonds. The van der Waals surface area contributed by atoms with Crippen LogP contribution >= 0.6 is 0 Å². The Morgan fingerprint density at radius 2 is 0.727 bits per heavy atom. The van der Waals surface area contributed by atoms with Gasteiger partial charge in [-0.2, -0.15) is 0 Å². The Morgan fingerprint density at radius 1 is 0.500 bits per heavy atom. The Balaban J connectivity index is 0. The van der Waals surface area contributed by atoms with Crippen LogP contribution in [0.2, 0.25) is 0 Å². The quantitative estimate of drug-likeness (QED) is 0.510. The largest absolute Gasteiger partial charge is 0.266 e. The van der Waals surface area contributed by atoms with Crippen molar-refractivity contribution >= 4 is 12.4 Å². The van der Waals surface area contributed by atoms with Crippen LogP contribution in [-0.4, -0.2) is 18.1 Å². The second-order valence-electron chi connectivity index (χ2n) is 10.4. The molecule has 0 saturated carbocycles. The number of rotatable bonds is 2. The third-order valence-corrected chi connectivity index (χ3v) is 3.37. The predicted molar refractivity (Wildman–Crippen MR) is 104 cm³/mol. The second kappa shape index (κ2) is 6.84. The lowest BCUT2D eigenvalue weighted by Crippen LogP contribution is -2.51. The van der Waals surface area contributed by atoms with Gasteiger partial charge in [-0.05, 0) is 10.8 Å². The molecule has 0 bridgehead atoms. The number of nitrogens with zero attached hydrogens (tertiary/aromatic N) is 2. The molecule has 0 radical (unpaired) electrons. The van der Waals surface area contributed by atoms with Crippen molar-refractivity contribution in [1.29, 1.82) is 0 Å². The van der Waals surface area contributed by atoms with Crippen LogP contribution in [0.1, 0.15) is 90.5 Å². The zero-order valence-electron chi connectivity index (χ0n) is 16.5. The minimum absolute atomic E-state index is 0. The van der Waals surface area contributed by atoms with Crippen LogP contribution < -0.4 is 0 Å². The Bertz CT molecular complexity index is 347. The minimum atomic E-state index is -0.472. The standard InChI is InChI=1S/C19H38N2.CH4/c1-15(2,3)13-20-19(17(7,8)9,18(10,11)12)21-14-16(4,5)6;/h13-14H,1-12H3;1H4. The van der Waals surface area contributed by atoms with Crippen molar-refractivity contribution in [1.82, 2.24) is 0 Å². The van der Waals surface area contributed by atoms with E-state index in [1.54, 1.807) is 0 Å². The third-order valence-electron chi connectivity index (χ3n) is 3.37. The van der Waals surface area contributed by atoms with Crippen molar-refractivity contribution in [2.24, 2.45) is 31.6 Å². The average molecular weight is 311 g/mol. The molecule has 0 aromatic rings. The first-order chi connectivity index (χ1) is 8.91. The Hall–Kier alpha value is -0.660. The maximum atomic E-state index is 5.05. The first-order valence-corrected chi connectivity index (χ1v) is 8.04. The van der Waals surface area contributed by atoms with Gasteiger partial charge in [0.25, 0.3) is 0 Å². The molecular formula is C20H42N2. The molecule has 0 N–H and O–H groups in total. The van der Waals surface area contributed by atoms with Crippen LogP contribution in [0.15, 0.2) is 9.98 Å². The molecule has 0 aliphatic carbocycles. The van der Waals surface area contributed by atoms with E-state index in [9.17, 15) is 0 Å². The van der Waals surface area contributed by atoms with Crippen molar-refractivity contribution < 1.29 is 0 Å². The molecule has 0 fully saturated rings. The Labute approximate surface area is 140 Å². The van der Waals surface area contributed by atoms with E-state index in [4.69, 9.17) is 9.98 Å². The molecule has 0 atom stereocenters. The lowest BCUT2D eigenvalue weighted by Gasteiger charge is -2.48. The summed E-state index contributed by atoms with van der Waals surface area (Å²) in [5, 5.41) is 0. The number of hydrogen-bond donors (Lipinski definition) is 0. The smallest absolute Gasteiger partial charge is 0.158 e. The van der Waals surface area contributed by atoms with Crippen LogP contribution in [0, 0.1) is 21.7 Å². The summed E-state index contributed by atoms with van der Waals surface area (Å²) in [7, 11) is 0. The summed E-state index contributed by atoms with van der Waals surface area (Å²) in [6.07, 6.45) is 4.15. The summed E-state index contributed by atoms with van der Waals surface area (Å²) in [5.74, 6) is 0. The zero-order chi connectivity index (χ0) is 17.3. The lowest BCUT2D eigenvalue weighted by molar-refractivity contribution is 0.0706. The highest BCUT2D eigenvalue weighted by Gasteiger charge is 2.50. The Morgan fingerprint density at radius 3 is 0.864 bits per heavy atom. The molecule has 22 heavy (non-hydrogen) atoms. The number of hydrogen-bond acceptors (Lipinski definition) is 2. The average Bonchev–Trinajstić information content (AvgIpc) is 2.09. The van der Waals surface area contributed by atoms with E-state index in [-0.39, 0.29) is 29.1 Å². The molecule has 0 aromatic heterocycles. The Kier molecular flexibility index (Phi) is 7.34. The summed E-state index contributed by atoms with van der Waals surface area (Å²) < 4.78 is 0. The van der Waals surface area contributed by atoms with Gasteiger partial charge in [0.2, 0.25) is 0 Å². The van der Waals surface area contributed by atoms with E-state index in [0.29, 0.717) is 0 Å². The van der Waals surface area contributed by atoms with Gasteiger partial charge in [0, 0.05) is 23.3 Å². The van der Waals surface area contributed by atoms with Crippen LogP contribution in [0.4, 0.5) is 0 Å². The van der Waals surface area contributed by atoms with Gasteiger partial charge in [0.1, 0.15) is 0 Å². The highest BCUT2D eigenvalue weighted by molar-refractivity contribution is 5.67. The number of aliphatic imine (C=N–C) groups is 2. The highest BCUT2D eigenvalue weighted by Crippen LogP contribution is 2.48. The van der Waals surface area contributed by atoms with Gasteiger partial charge in [-0.25, -0.2) is 0 Å². The van der Waals surface area contributed by atoms with E-state index >= 15 is 0 Å². The molecule has 2 heteroatoms. The molecular weight excluding hydrogens is 268 g/mol.